The number of nitrogens with one attached hydrogen (secondary N) is 1. The molecule has 3 rings (SSSR count). The first-order valence-electron chi connectivity index (χ1n) is 8.01. The van der Waals surface area contributed by atoms with E-state index in [-0.39, 0.29) is 16.5 Å². The van der Waals surface area contributed by atoms with Gasteiger partial charge in [0.15, 0.2) is 5.82 Å². The molecule has 11 heteroatoms. The highest BCUT2D eigenvalue weighted by molar-refractivity contribution is 6.35. The van der Waals surface area contributed by atoms with E-state index in [1.54, 1.807) is 24.4 Å². The number of hydrogen-bond acceptors (Lipinski definition) is 4. The molecule has 2 N–H and O–H groups in total. The highest BCUT2D eigenvalue weighted by Crippen LogP contribution is 2.25. The molecule has 2 aromatic heterocycles. The van der Waals surface area contributed by atoms with Gasteiger partial charge in [0.05, 0.1) is 6.54 Å². The Hall–Kier alpha value is -2.55. The van der Waals surface area contributed by atoms with Gasteiger partial charge in [-0.25, -0.2) is 9.48 Å². The number of carboxylic acid groups (broad SMARTS) is 1. The predicted octanol–water partition coefficient (Wildman–Crippen LogP) is 3.99. The van der Waals surface area contributed by atoms with Crippen molar-refractivity contribution in [3.8, 4) is 0 Å². The molecular formula is C17H14Cl3N5O3. The number of halogens is 3. The molecule has 1 amide bonds. The normalized spacial score (nSPS) is 12.0. The molecule has 1 unspecified atom stereocenters. The molecule has 0 aliphatic heterocycles. The second-order valence-corrected chi connectivity index (χ2v) is 7.14. The van der Waals surface area contributed by atoms with E-state index in [0.29, 0.717) is 16.6 Å². The van der Waals surface area contributed by atoms with E-state index in [4.69, 9.17) is 39.9 Å². The van der Waals surface area contributed by atoms with Crippen molar-refractivity contribution in [2.24, 2.45) is 0 Å². The Kier molecular flexibility index (Phi) is 5.93. The summed E-state index contributed by atoms with van der Waals surface area (Å²) in [5.41, 5.74) is 0.677. The van der Waals surface area contributed by atoms with Crippen molar-refractivity contribution in [1.82, 2.24) is 19.6 Å². The smallest absolute Gasteiger partial charge is 0.354 e. The van der Waals surface area contributed by atoms with Gasteiger partial charge in [0.25, 0.3) is 0 Å². The second kappa shape index (κ2) is 8.22. The summed E-state index contributed by atoms with van der Waals surface area (Å²) < 4.78 is 2.63. The number of aromatic nitrogens is 4. The molecule has 0 bridgehead atoms. The molecule has 146 valence electrons. The number of carbonyl (C=O) groups excluding carboxylic acids is 1. The summed E-state index contributed by atoms with van der Waals surface area (Å²) in [6.45, 7) is 1.84. The van der Waals surface area contributed by atoms with Crippen molar-refractivity contribution in [3.05, 3.63) is 63.0 Å². The Bertz CT molecular complexity index is 1050. The molecule has 0 spiro atoms. The van der Waals surface area contributed by atoms with E-state index in [1.165, 1.54) is 23.9 Å². The molecule has 8 nitrogen and oxygen atoms in total. The standard InChI is InChI=1S/C17H14Cl3N5O3/c1-9(25-14(17(27)28)4-5-21-25)16(26)22-15-13(20)8-24(23-15)7-10-2-3-11(18)6-12(10)19/h2-6,8-9H,7H2,1H3,(H,27,28)(H,22,23,26). The minimum Gasteiger partial charge on any atom is -0.477 e. The van der Waals surface area contributed by atoms with Crippen LogP contribution in [0.5, 0.6) is 0 Å². The Morgan fingerprint density at radius 3 is 2.64 bits per heavy atom. The largest absolute Gasteiger partial charge is 0.477 e. The van der Waals surface area contributed by atoms with Gasteiger partial charge in [-0.3, -0.25) is 9.48 Å². The van der Waals surface area contributed by atoms with Crippen molar-refractivity contribution < 1.29 is 14.7 Å². The highest BCUT2D eigenvalue weighted by atomic mass is 35.5. The van der Waals surface area contributed by atoms with Gasteiger partial charge in [0.2, 0.25) is 5.91 Å². The molecule has 28 heavy (non-hydrogen) atoms. The zero-order valence-corrected chi connectivity index (χ0v) is 16.7. The van der Waals surface area contributed by atoms with Crippen molar-refractivity contribution in [1.29, 1.82) is 0 Å². The molecule has 0 radical (unpaired) electrons. The lowest BCUT2D eigenvalue weighted by atomic mass is 10.2. The fourth-order valence-corrected chi connectivity index (χ4v) is 3.18. The van der Waals surface area contributed by atoms with Crippen LogP contribution < -0.4 is 5.32 Å². The second-order valence-electron chi connectivity index (χ2n) is 5.89. The zero-order valence-electron chi connectivity index (χ0n) is 14.4. The van der Waals surface area contributed by atoms with E-state index >= 15 is 0 Å². The van der Waals surface area contributed by atoms with Gasteiger partial charge in [-0.15, -0.1) is 0 Å². The summed E-state index contributed by atoms with van der Waals surface area (Å²) in [4.78, 5) is 23.7. The first-order chi connectivity index (χ1) is 13.3. The third-order valence-electron chi connectivity index (χ3n) is 3.94. The van der Waals surface area contributed by atoms with E-state index in [2.05, 4.69) is 15.5 Å². The fraction of sp³-hybridized carbons (Fsp3) is 0.176. The number of nitrogens with zero attached hydrogens (tertiary/aromatic N) is 4. The number of rotatable bonds is 6. The summed E-state index contributed by atoms with van der Waals surface area (Å²) >= 11 is 18.2. The van der Waals surface area contributed by atoms with Crippen LogP contribution in [0.15, 0.2) is 36.7 Å². The zero-order chi connectivity index (χ0) is 20.4. The SMILES string of the molecule is CC(C(=O)Nc1nn(Cc2ccc(Cl)cc2Cl)cc1Cl)n1nccc1C(=O)O. The number of carboxylic acids is 1. The average Bonchev–Trinajstić information content (AvgIpc) is 3.24. The molecular weight excluding hydrogens is 429 g/mol. The lowest BCUT2D eigenvalue weighted by Crippen LogP contribution is -2.27. The van der Waals surface area contributed by atoms with Crippen LogP contribution in [0.4, 0.5) is 5.82 Å². The van der Waals surface area contributed by atoms with Crippen molar-refractivity contribution in [2.45, 2.75) is 19.5 Å². The summed E-state index contributed by atoms with van der Waals surface area (Å²) in [6, 6.07) is 5.53. The topological polar surface area (TPSA) is 102 Å². The van der Waals surface area contributed by atoms with Gasteiger partial charge >= 0.3 is 5.97 Å². The van der Waals surface area contributed by atoms with Crippen LogP contribution in [0.1, 0.15) is 29.0 Å². The summed E-state index contributed by atoms with van der Waals surface area (Å²) in [6.07, 6.45) is 2.86. The maximum atomic E-state index is 12.5. The minimum absolute atomic E-state index is 0.100. The van der Waals surface area contributed by atoms with Crippen molar-refractivity contribution in [2.75, 3.05) is 5.32 Å². The third-order valence-corrected chi connectivity index (χ3v) is 4.81. The van der Waals surface area contributed by atoms with E-state index < -0.39 is 17.9 Å². The molecule has 2 heterocycles. The van der Waals surface area contributed by atoms with Gasteiger partial charge in [0.1, 0.15) is 16.8 Å². The Balaban J connectivity index is 1.75. The number of carbonyl (C=O) groups is 2. The van der Waals surface area contributed by atoms with Crippen LogP contribution in [0.3, 0.4) is 0 Å². The molecule has 1 aromatic carbocycles. The van der Waals surface area contributed by atoms with Crippen molar-refractivity contribution in [3.63, 3.8) is 0 Å². The van der Waals surface area contributed by atoms with E-state index in [9.17, 15) is 9.59 Å². The lowest BCUT2D eigenvalue weighted by Gasteiger charge is -2.13. The predicted molar refractivity (Wildman–Crippen MR) is 105 cm³/mol. The maximum Gasteiger partial charge on any atom is 0.354 e. The highest BCUT2D eigenvalue weighted by Gasteiger charge is 2.23. The summed E-state index contributed by atoms with van der Waals surface area (Å²) in [5.74, 6) is -1.55. The number of anilines is 1. The number of aromatic carboxylic acids is 1. The Labute approximate surface area is 174 Å². The van der Waals surface area contributed by atoms with Crippen LogP contribution in [-0.2, 0) is 11.3 Å². The van der Waals surface area contributed by atoms with Crippen LogP contribution in [0.25, 0.3) is 0 Å². The number of amides is 1. The first kappa shape index (κ1) is 20.2. The van der Waals surface area contributed by atoms with Crippen LogP contribution in [0, 0.1) is 0 Å². The molecule has 3 aromatic rings. The fourth-order valence-electron chi connectivity index (χ4n) is 2.51. The van der Waals surface area contributed by atoms with Crippen LogP contribution in [0.2, 0.25) is 15.1 Å². The molecule has 0 fully saturated rings. The van der Waals surface area contributed by atoms with Gasteiger partial charge in [-0.05, 0) is 30.7 Å². The Morgan fingerprint density at radius 2 is 1.96 bits per heavy atom. The Morgan fingerprint density at radius 1 is 1.21 bits per heavy atom. The van der Waals surface area contributed by atoms with Crippen molar-refractivity contribution >= 4 is 52.5 Å². The van der Waals surface area contributed by atoms with Gasteiger partial charge in [-0.2, -0.15) is 10.2 Å². The monoisotopic (exact) mass is 441 g/mol. The molecule has 0 aliphatic carbocycles. The van der Waals surface area contributed by atoms with Gasteiger partial charge < -0.3 is 10.4 Å². The average molecular weight is 443 g/mol. The molecule has 0 saturated heterocycles. The summed E-state index contributed by atoms with van der Waals surface area (Å²) in [7, 11) is 0. The maximum absolute atomic E-state index is 12.5. The third kappa shape index (κ3) is 4.30. The van der Waals surface area contributed by atoms with Crippen LogP contribution >= 0.6 is 34.8 Å². The number of hydrogen-bond donors (Lipinski definition) is 2. The van der Waals surface area contributed by atoms with Crippen LogP contribution in [-0.4, -0.2) is 36.5 Å². The molecule has 1 atom stereocenters. The number of benzene rings is 1. The van der Waals surface area contributed by atoms with E-state index in [1.807, 2.05) is 0 Å². The lowest BCUT2D eigenvalue weighted by molar-refractivity contribution is -0.119. The van der Waals surface area contributed by atoms with Gasteiger partial charge in [-0.1, -0.05) is 40.9 Å². The molecule has 0 aliphatic rings. The first-order valence-corrected chi connectivity index (χ1v) is 9.14. The minimum atomic E-state index is -1.18. The summed E-state index contributed by atoms with van der Waals surface area (Å²) in [5, 5.41) is 21.1. The quantitative estimate of drug-likeness (QED) is 0.601. The van der Waals surface area contributed by atoms with E-state index in [0.717, 1.165) is 10.2 Å². The van der Waals surface area contributed by atoms with Gasteiger partial charge in [0, 0.05) is 22.4 Å². The molecule has 0 saturated carbocycles.